The van der Waals surface area contributed by atoms with Gasteiger partial charge in [0.2, 0.25) is 0 Å². The van der Waals surface area contributed by atoms with Crippen LogP contribution in [0.1, 0.15) is 0 Å². The van der Waals surface area contributed by atoms with Gasteiger partial charge in [0.05, 0.1) is 0 Å². The van der Waals surface area contributed by atoms with Crippen molar-refractivity contribution in [3.63, 3.8) is 0 Å². The molecular formula is C6H4F12N2O8S4. The van der Waals surface area contributed by atoms with Crippen LogP contribution < -0.4 is 0 Å². The average Bonchev–Trinajstić information content (AvgIpc) is 2.45. The Hall–Kier alpha value is -1.12. The molecule has 0 atom stereocenters. The first-order chi connectivity index (χ1) is 13.5. The van der Waals surface area contributed by atoms with E-state index < -0.39 is 82.6 Å². The van der Waals surface area contributed by atoms with Gasteiger partial charge in [0.25, 0.3) is 0 Å². The van der Waals surface area contributed by atoms with Crippen molar-refractivity contribution >= 4 is 40.1 Å². The highest BCUT2D eigenvalue weighted by atomic mass is 32.3. The number of hydrogen-bond acceptors (Lipinski definition) is 8. The van der Waals surface area contributed by atoms with Crippen LogP contribution in [-0.2, 0) is 40.1 Å². The van der Waals surface area contributed by atoms with E-state index in [1.807, 2.05) is 0 Å². The van der Waals surface area contributed by atoms with Crippen molar-refractivity contribution in [1.82, 2.24) is 7.42 Å². The summed E-state index contributed by atoms with van der Waals surface area (Å²) in [5.74, 6) is 0. The van der Waals surface area contributed by atoms with E-state index in [-0.39, 0.29) is 0 Å². The average molecular weight is 588 g/mol. The first-order valence-corrected chi connectivity index (χ1v) is 12.0. The topological polar surface area (TPSA) is 143 Å². The SMILES string of the molecule is O=S(=O)(N(CCN(S(=O)(=O)C(F)(F)F)S(=O)(=O)C(F)(F)F)S(=O)(=O)C(F)(F)F)C(F)(F)F. The smallest absolute Gasteiger partial charge is 0.202 e. The minimum absolute atomic E-state index is 2.75. The molecule has 0 rings (SSSR count). The molecule has 10 nitrogen and oxygen atoms in total. The molecule has 0 radical (unpaired) electrons. The Morgan fingerprint density at radius 3 is 0.594 bits per heavy atom. The number of hydrogen-bond donors (Lipinski definition) is 0. The Bertz CT molecular complexity index is 946. The lowest BCUT2D eigenvalue weighted by Crippen LogP contribution is -2.55. The minimum atomic E-state index is -7.79. The van der Waals surface area contributed by atoms with Gasteiger partial charge in [-0.05, 0) is 0 Å². The highest BCUT2D eigenvalue weighted by Gasteiger charge is 2.64. The highest BCUT2D eigenvalue weighted by Crippen LogP contribution is 2.37. The van der Waals surface area contributed by atoms with Gasteiger partial charge in [-0.25, -0.2) is 33.7 Å². The fourth-order valence-electron chi connectivity index (χ4n) is 1.36. The molecule has 32 heavy (non-hydrogen) atoms. The maximum absolute atomic E-state index is 12.5. The molecular weight excluding hydrogens is 584 g/mol. The molecule has 0 saturated heterocycles. The van der Waals surface area contributed by atoms with Crippen molar-refractivity contribution in [2.45, 2.75) is 22.0 Å². The van der Waals surface area contributed by atoms with E-state index in [0.717, 1.165) is 0 Å². The third-order valence-electron chi connectivity index (χ3n) is 2.71. The molecule has 0 unspecified atom stereocenters. The molecule has 0 aromatic heterocycles. The second-order valence-electron chi connectivity index (χ2n) is 4.80. The molecule has 0 aromatic rings. The molecule has 0 heterocycles. The number of alkyl halides is 12. The zero-order chi connectivity index (χ0) is 26.6. The molecule has 194 valence electrons. The Morgan fingerprint density at radius 2 is 0.500 bits per heavy atom. The van der Waals surface area contributed by atoms with Gasteiger partial charge in [0.1, 0.15) is 0 Å². The van der Waals surface area contributed by atoms with Crippen LogP contribution in [0.5, 0.6) is 0 Å². The van der Waals surface area contributed by atoms with E-state index in [2.05, 4.69) is 0 Å². The van der Waals surface area contributed by atoms with Crippen molar-refractivity contribution in [3.8, 4) is 0 Å². The first kappa shape index (κ1) is 30.9. The van der Waals surface area contributed by atoms with E-state index in [1.54, 1.807) is 0 Å². The summed E-state index contributed by atoms with van der Waals surface area (Å²) in [5, 5.41) is 0. The third-order valence-corrected chi connectivity index (χ3v) is 10.3. The normalized spacial score (nSPS) is 16.1. The molecule has 0 aromatic carbocycles. The van der Waals surface area contributed by atoms with Crippen molar-refractivity contribution in [1.29, 1.82) is 0 Å². The Morgan fingerprint density at radius 1 is 0.375 bits per heavy atom. The van der Waals surface area contributed by atoms with Crippen LogP contribution in [0, 0.1) is 0 Å². The molecule has 0 bridgehead atoms. The maximum atomic E-state index is 12.5. The van der Waals surface area contributed by atoms with Gasteiger partial charge in [-0.15, -0.1) is 0 Å². The van der Waals surface area contributed by atoms with Crippen LogP contribution in [0.2, 0.25) is 0 Å². The summed E-state index contributed by atoms with van der Waals surface area (Å²) < 4.78 is 233. The van der Waals surface area contributed by atoms with Gasteiger partial charge in [-0.2, -0.15) is 52.7 Å². The van der Waals surface area contributed by atoms with Crippen molar-refractivity contribution in [2.75, 3.05) is 13.1 Å². The predicted octanol–water partition coefficient (Wildman–Crippen LogP) is 0.989. The predicted molar refractivity (Wildman–Crippen MR) is 73.3 cm³/mol. The zero-order valence-corrected chi connectivity index (χ0v) is 17.0. The molecule has 0 N–H and O–H groups in total. The van der Waals surface area contributed by atoms with Gasteiger partial charge >= 0.3 is 62.1 Å². The Labute approximate surface area is 169 Å². The standard InChI is InChI=1S/C6H4F12N2O8S4/c7-3(8,9)29(21,22)19(30(23,24)4(10,11)12)1-2-20(31(25,26)5(13,14)15)32(27,28)6(16,17)18/h1-2H2. The summed E-state index contributed by atoms with van der Waals surface area (Å²) in [5.41, 5.74) is -27.9. The molecule has 0 aliphatic rings. The molecule has 0 aliphatic heterocycles. The lowest BCUT2D eigenvalue weighted by atomic mass is 10.7. The van der Waals surface area contributed by atoms with E-state index >= 15 is 0 Å². The van der Waals surface area contributed by atoms with Gasteiger partial charge < -0.3 is 0 Å². The van der Waals surface area contributed by atoms with E-state index in [4.69, 9.17) is 0 Å². The second-order valence-corrected chi connectivity index (χ2v) is 12.7. The first-order valence-electron chi connectivity index (χ1n) is 6.28. The van der Waals surface area contributed by atoms with Crippen molar-refractivity contribution in [3.05, 3.63) is 0 Å². The quantitative estimate of drug-likeness (QED) is 0.401. The molecule has 0 fully saturated rings. The number of nitrogens with zero attached hydrogens (tertiary/aromatic N) is 2. The van der Waals surface area contributed by atoms with Gasteiger partial charge in [0, 0.05) is 13.1 Å². The highest BCUT2D eigenvalue weighted by molar-refractivity contribution is 8.05. The third kappa shape index (κ3) is 5.50. The fraction of sp³-hybridized carbons (Fsp3) is 1.00. The Kier molecular flexibility index (Phi) is 7.98. The molecule has 0 spiro atoms. The summed E-state index contributed by atoms with van der Waals surface area (Å²) in [6, 6.07) is 0. The molecule has 0 saturated carbocycles. The van der Waals surface area contributed by atoms with Crippen LogP contribution in [0.15, 0.2) is 0 Å². The summed E-state index contributed by atoms with van der Waals surface area (Å²) in [6.07, 6.45) is 0. The van der Waals surface area contributed by atoms with Crippen LogP contribution in [0.4, 0.5) is 52.7 Å². The molecule has 0 aliphatic carbocycles. The monoisotopic (exact) mass is 588 g/mol. The van der Waals surface area contributed by atoms with Crippen LogP contribution in [-0.4, -0.2) is 76.2 Å². The lowest BCUT2D eigenvalue weighted by Gasteiger charge is -2.27. The summed E-state index contributed by atoms with van der Waals surface area (Å²) >= 11 is 0. The number of sulfonamides is 4. The van der Waals surface area contributed by atoms with E-state index in [0.29, 0.717) is 0 Å². The lowest BCUT2D eigenvalue weighted by molar-refractivity contribution is -0.0557. The maximum Gasteiger partial charge on any atom is 0.512 e. The van der Waals surface area contributed by atoms with Crippen LogP contribution in [0.25, 0.3) is 0 Å². The van der Waals surface area contributed by atoms with E-state index in [9.17, 15) is 86.4 Å². The summed E-state index contributed by atoms with van der Waals surface area (Å²) in [7, 11) is -31.2. The second kappa shape index (κ2) is 8.27. The van der Waals surface area contributed by atoms with Gasteiger partial charge in [-0.3, -0.25) is 0 Å². The van der Waals surface area contributed by atoms with Crippen LogP contribution >= 0.6 is 0 Å². The molecule has 0 amide bonds. The summed E-state index contributed by atoms with van der Waals surface area (Å²) in [4.78, 5) is 0. The van der Waals surface area contributed by atoms with Gasteiger partial charge in [0.15, 0.2) is 0 Å². The largest absolute Gasteiger partial charge is 0.512 e. The van der Waals surface area contributed by atoms with E-state index in [1.165, 1.54) is 0 Å². The number of rotatable bonds is 7. The fourth-order valence-corrected chi connectivity index (χ4v) is 6.66. The van der Waals surface area contributed by atoms with Gasteiger partial charge in [-0.1, -0.05) is 7.42 Å². The number of halogens is 12. The molecule has 26 heteroatoms. The minimum Gasteiger partial charge on any atom is -0.202 e. The zero-order valence-electron chi connectivity index (χ0n) is 13.7. The van der Waals surface area contributed by atoms with Crippen molar-refractivity contribution < 1.29 is 86.4 Å². The summed E-state index contributed by atoms with van der Waals surface area (Å²) in [6.45, 7) is -6.65. The van der Waals surface area contributed by atoms with Crippen LogP contribution in [0.3, 0.4) is 0 Å². The Balaban J connectivity index is 6.96. The van der Waals surface area contributed by atoms with Crippen molar-refractivity contribution in [2.24, 2.45) is 0 Å².